The van der Waals surface area contributed by atoms with Gasteiger partial charge in [0.25, 0.3) is 5.91 Å². The number of carbonyl (C=O) groups is 1. The number of ether oxygens (including phenoxy) is 1. The number of methoxy groups -OCH3 is 1. The molecule has 1 aliphatic heterocycles. The zero-order valence-electron chi connectivity index (χ0n) is 12.5. The summed E-state index contributed by atoms with van der Waals surface area (Å²) in [5, 5.41) is 10.9. The first kappa shape index (κ1) is 18.2. The van der Waals surface area contributed by atoms with E-state index in [2.05, 4.69) is 0 Å². The third-order valence-corrected chi connectivity index (χ3v) is 3.88. The van der Waals surface area contributed by atoms with Crippen molar-refractivity contribution in [1.29, 1.82) is 0 Å². The van der Waals surface area contributed by atoms with Crippen molar-refractivity contribution >= 4 is 24.0 Å². The molecule has 0 aliphatic carbocycles. The molecule has 1 amide bonds. The lowest BCUT2D eigenvalue weighted by atomic mass is 10.0. The van der Waals surface area contributed by atoms with Crippen LogP contribution in [0.2, 0.25) is 0 Å². The van der Waals surface area contributed by atoms with Gasteiger partial charge in [0.2, 0.25) is 0 Å². The maximum absolute atomic E-state index is 12.4. The number of benzene rings is 1. The van der Waals surface area contributed by atoms with Gasteiger partial charge in [-0.05, 0) is 25.3 Å². The van der Waals surface area contributed by atoms with Gasteiger partial charge in [-0.25, -0.2) is 0 Å². The highest BCUT2D eigenvalue weighted by molar-refractivity contribution is 5.95. The summed E-state index contributed by atoms with van der Waals surface area (Å²) < 4.78 is 4.99. The number of likely N-dealkylation sites (tertiary alicyclic amines) is 1. The Morgan fingerprint density at radius 1 is 1.55 bits per heavy atom. The molecule has 1 heterocycles. The molecule has 22 heavy (non-hydrogen) atoms. The number of nitro groups is 1. The fraction of sp³-hybridized carbons (Fsp3) is 0.500. The average Bonchev–Trinajstić information content (AvgIpc) is 2.95. The average molecular weight is 330 g/mol. The largest absolute Gasteiger partial charge is 0.490 e. The van der Waals surface area contributed by atoms with Crippen LogP contribution in [0.1, 0.15) is 23.7 Å². The van der Waals surface area contributed by atoms with Crippen molar-refractivity contribution in [2.45, 2.75) is 19.4 Å². The van der Waals surface area contributed by atoms with Crippen molar-refractivity contribution in [3.63, 3.8) is 0 Å². The summed E-state index contributed by atoms with van der Waals surface area (Å²) >= 11 is 0. The van der Waals surface area contributed by atoms with E-state index < -0.39 is 4.92 Å². The smallest absolute Gasteiger partial charge is 0.310 e. The number of amides is 1. The zero-order chi connectivity index (χ0) is 15.6. The molecule has 0 bridgehead atoms. The zero-order valence-corrected chi connectivity index (χ0v) is 13.3. The van der Waals surface area contributed by atoms with E-state index in [0.29, 0.717) is 24.6 Å². The van der Waals surface area contributed by atoms with E-state index >= 15 is 0 Å². The van der Waals surface area contributed by atoms with Gasteiger partial charge in [-0.3, -0.25) is 14.9 Å². The number of nitro benzene ring substituents is 1. The highest BCUT2D eigenvalue weighted by Crippen LogP contribution is 2.29. The molecule has 1 saturated heterocycles. The first-order chi connectivity index (χ1) is 9.93. The molecular weight excluding hydrogens is 310 g/mol. The fourth-order valence-electron chi connectivity index (χ4n) is 2.54. The van der Waals surface area contributed by atoms with Gasteiger partial charge in [-0.15, -0.1) is 12.4 Å². The van der Waals surface area contributed by atoms with Crippen LogP contribution in [-0.4, -0.2) is 42.0 Å². The van der Waals surface area contributed by atoms with Crippen LogP contribution in [0.5, 0.6) is 5.75 Å². The van der Waals surface area contributed by atoms with Crippen LogP contribution < -0.4 is 10.5 Å². The summed E-state index contributed by atoms with van der Waals surface area (Å²) in [5.74, 6) is 0.244. The molecule has 8 heteroatoms. The van der Waals surface area contributed by atoms with Crippen molar-refractivity contribution in [2.75, 3.05) is 20.2 Å². The normalized spacial score (nSPS) is 18.5. The van der Waals surface area contributed by atoms with Crippen LogP contribution in [0.4, 0.5) is 5.69 Å². The van der Waals surface area contributed by atoms with Crippen molar-refractivity contribution < 1.29 is 14.5 Å². The Bertz CT molecular complexity index is 565. The highest BCUT2D eigenvalue weighted by Gasteiger charge is 2.29. The van der Waals surface area contributed by atoms with Gasteiger partial charge >= 0.3 is 5.69 Å². The van der Waals surface area contributed by atoms with E-state index in [1.54, 1.807) is 4.90 Å². The van der Waals surface area contributed by atoms with E-state index in [9.17, 15) is 14.9 Å². The maximum Gasteiger partial charge on any atom is 0.310 e. The number of nitrogens with zero attached hydrogens (tertiary/aromatic N) is 2. The van der Waals surface area contributed by atoms with Gasteiger partial charge in [0.1, 0.15) is 0 Å². The summed E-state index contributed by atoms with van der Waals surface area (Å²) in [6.45, 7) is 3.22. The van der Waals surface area contributed by atoms with Crippen molar-refractivity contribution in [3.05, 3.63) is 33.9 Å². The van der Waals surface area contributed by atoms with Gasteiger partial charge in [-0.1, -0.05) is 0 Å². The quantitative estimate of drug-likeness (QED) is 0.671. The molecule has 2 N–H and O–H groups in total. The number of carbonyl (C=O) groups excluding carboxylic acids is 1. The minimum absolute atomic E-state index is 0. The Kier molecular flexibility index (Phi) is 6.13. The monoisotopic (exact) mass is 329 g/mol. The molecule has 122 valence electrons. The van der Waals surface area contributed by atoms with Gasteiger partial charge in [0.15, 0.2) is 5.75 Å². The molecule has 1 fully saturated rings. The Morgan fingerprint density at radius 3 is 2.73 bits per heavy atom. The second kappa shape index (κ2) is 7.42. The summed E-state index contributed by atoms with van der Waals surface area (Å²) in [6, 6.07) is 4.22. The Morgan fingerprint density at radius 2 is 2.23 bits per heavy atom. The van der Waals surface area contributed by atoms with Crippen LogP contribution in [0, 0.1) is 16.0 Å². The minimum Gasteiger partial charge on any atom is -0.490 e. The van der Waals surface area contributed by atoms with E-state index in [4.69, 9.17) is 10.5 Å². The van der Waals surface area contributed by atoms with Crippen LogP contribution in [0.15, 0.2) is 18.2 Å². The summed E-state index contributed by atoms with van der Waals surface area (Å²) in [5.41, 5.74) is 6.11. The number of nitrogens with two attached hydrogens (primary N) is 1. The molecule has 2 unspecified atom stereocenters. The molecule has 1 aromatic rings. The molecule has 1 aliphatic rings. The van der Waals surface area contributed by atoms with Gasteiger partial charge in [-0.2, -0.15) is 0 Å². The maximum atomic E-state index is 12.4. The van der Waals surface area contributed by atoms with Crippen LogP contribution >= 0.6 is 12.4 Å². The summed E-state index contributed by atoms with van der Waals surface area (Å²) in [6.07, 6.45) is 0.882. The number of hydrogen-bond donors (Lipinski definition) is 1. The third kappa shape index (κ3) is 3.66. The van der Waals surface area contributed by atoms with Crippen LogP contribution in [0.3, 0.4) is 0 Å². The molecule has 7 nitrogen and oxygen atoms in total. The van der Waals surface area contributed by atoms with Gasteiger partial charge < -0.3 is 15.4 Å². The molecule has 2 rings (SSSR count). The number of halogens is 1. The molecular formula is C14H20ClN3O4. The van der Waals surface area contributed by atoms with E-state index in [1.165, 1.54) is 25.3 Å². The number of hydrogen-bond acceptors (Lipinski definition) is 5. The lowest BCUT2D eigenvalue weighted by molar-refractivity contribution is -0.385. The Hall–Kier alpha value is -1.86. The SMILES string of the molecule is COc1cc(C(=O)N2CCC(C(C)N)C2)ccc1[N+](=O)[O-].Cl. The predicted molar refractivity (Wildman–Crippen MR) is 84.6 cm³/mol. The second-order valence-electron chi connectivity index (χ2n) is 5.30. The molecule has 2 atom stereocenters. The minimum atomic E-state index is -0.533. The number of rotatable bonds is 4. The van der Waals surface area contributed by atoms with E-state index in [1.807, 2.05) is 6.92 Å². The first-order valence-corrected chi connectivity index (χ1v) is 6.81. The summed E-state index contributed by atoms with van der Waals surface area (Å²) in [7, 11) is 1.35. The van der Waals surface area contributed by atoms with Crippen molar-refractivity contribution in [3.8, 4) is 5.75 Å². The molecule has 0 radical (unpaired) electrons. The molecule has 0 saturated carbocycles. The Labute approximate surface area is 135 Å². The lowest BCUT2D eigenvalue weighted by Crippen LogP contribution is -2.33. The van der Waals surface area contributed by atoms with Gasteiger partial charge in [0.05, 0.1) is 12.0 Å². The van der Waals surface area contributed by atoms with Gasteiger partial charge in [0, 0.05) is 36.8 Å². The van der Waals surface area contributed by atoms with Crippen LogP contribution in [0.25, 0.3) is 0 Å². The van der Waals surface area contributed by atoms with E-state index in [0.717, 1.165) is 6.42 Å². The highest BCUT2D eigenvalue weighted by atomic mass is 35.5. The van der Waals surface area contributed by atoms with Crippen molar-refractivity contribution in [2.24, 2.45) is 11.7 Å². The van der Waals surface area contributed by atoms with E-state index in [-0.39, 0.29) is 35.8 Å². The standard InChI is InChI=1S/C14H19N3O4.ClH/c1-9(15)11-5-6-16(8-11)14(18)10-3-4-12(17(19)20)13(7-10)21-2;/h3-4,7,9,11H,5-6,8,15H2,1-2H3;1H. The van der Waals surface area contributed by atoms with Crippen LogP contribution in [-0.2, 0) is 0 Å². The predicted octanol–water partition coefficient (Wildman–Crippen LogP) is 1.83. The third-order valence-electron chi connectivity index (χ3n) is 3.88. The van der Waals surface area contributed by atoms with Crippen molar-refractivity contribution in [1.82, 2.24) is 4.90 Å². The first-order valence-electron chi connectivity index (χ1n) is 6.81. The molecule has 0 spiro atoms. The molecule has 1 aromatic carbocycles. The summed E-state index contributed by atoms with van der Waals surface area (Å²) in [4.78, 5) is 24.5. The second-order valence-corrected chi connectivity index (χ2v) is 5.30. The lowest BCUT2D eigenvalue weighted by Gasteiger charge is -2.18. The fourth-order valence-corrected chi connectivity index (χ4v) is 2.54. The Balaban J connectivity index is 0.00000242. The molecule has 0 aromatic heterocycles. The topological polar surface area (TPSA) is 98.7 Å².